The summed E-state index contributed by atoms with van der Waals surface area (Å²) in [6.45, 7) is 6.51. The lowest BCUT2D eigenvalue weighted by Gasteiger charge is -2.23. The van der Waals surface area contributed by atoms with E-state index in [9.17, 15) is 9.59 Å². The van der Waals surface area contributed by atoms with Crippen LogP contribution in [0.4, 0.5) is 4.79 Å². The molecule has 2 N–H and O–H groups in total. The van der Waals surface area contributed by atoms with Gasteiger partial charge in [0.1, 0.15) is 6.04 Å². The molecular weight excluding hydrogens is 194 g/mol. The molecule has 86 valence electrons. The van der Waals surface area contributed by atoms with Gasteiger partial charge in [0.2, 0.25) is 0 Å². The van der Waals surface area contributed by atoms with E-state index in [1.54, 1.807) is 11.8 Å². The molecule has 3 amide bonds. The van der Waals surface area contributed by atoms with Crippen LogP contribution in [0.15, 0.2) is 0 Å². The van der Waals surface area contributed by atoms with Gasteiger partial charge >= 0.3 is 6.03 Å². The minimum atomic E-state index is -0.338. The van der Waals surface area contributed by atoms with Crippen LogP contribution in [0.1, 0.15) is 27.2 Å². The summed E-state index contributed by atoms with van der Waals surface area (Å²) in [5.41, 5.74) is 5.36. The minimum Gasteiger partial charge on any atom is -0.330 e. The lowest BCUT2D eigenvalue weighted by Crippen LogP contribution is -2.39. The molecule has 0 radical (unpaired) electrons. The molecule has 1 aliphatic rings. The molecule has 1 atom stereocenters. The fourth-order valence-corrected chi connectivity index (χ4v) is 1.87. The molecule has 0 bridgehead atoms. The van der Waals surface area contributed by atoms with Gasteiger partial charge in [-0.3, -0.25) is 9.69 Å². The van der Waals surface area contributed by atoms with Gasteiger partial charge in [-0.25, -0.2) is 4.79 Å². The number of nitrogens with zero attached hydrogens (tertiary/aromatic N) is 2. The summed E-state index contributed by atoms with van der Waals surface area (Å²) in [4.78, 5) is 26.5. The fraction of sp³-hybridized carbons (Fsp3) is 0.800. The number of rotatable bonds is 4. The van der Waals surface area contributed by atoms with Crippen LogP contribution in [0.3, 0.4) is 0 Å². The predicted octanol–water partition coefficient (Wildman–Crippen LogP) is 0.396. The third kappa shape index (κ3) is 2.12. The van der Waals surface area contributed by atoms with Gasteiger partial charge < -0.3 is 10.6 Å². The molecule has 1 heterocycles. The highest BCUT2D eigenvalue weighted by atomic mass is 16.2. The van der Waals surface area contributed by atoms with E-state index in [1.807, 2.05) is 13.8 Å². The standard InChI is InChI=1S/C10H19N3O2/c1-7(2)13-8(3)9(14)12(10(13)15)6-4-5-11/h7-8H,4-6,11H2,1-3H3. The first-order chi connectivity index (χ1) is 7.00. The first-order valence-corrected chi connectivity index (χ1v) is 5.34. The van der Waals surface area contributed by atoms with Crippen LogP contribution in [0.2, 0.25) is 0 Å². The molecule has 0 saturated carbocycles. The SMILES string of the molecule is CC(C)N1C(=O)N(CCCN)C(=O)C1C. The first-order valence-electron chi connectivity index (χ1n) is 5.34. The van der Waals surface area contributed by atoms with Crippen LogP contribution < -0.4 is 5.73 Å². The minimum absolute atomic E-state index is 0.0549. The van der Waals surface area contributed by atoms with Gasteiger partial charge in [0.05, 0.1) is 0 Å². The van der Waals surface area contributed by atoms with Crippen molar-refractivity contribution in [2.24, 2.45) is 5.73 Å². The number of imide groups is 1. The maximum atomic E-state index is 11.9. The molecule has 5 heteroatoms. The van der Waals surface area contributed by atoms with E-state index in [2.05, 4.69) is 0 Å². The van der Waals surface area contributed by atoms with Crippen LogP contribution in [-0.4, -0.2) is 46.9 Å². The number of hydrogen-bond donors (Lipinski definition) is 1. The zero-order chi connectivity index (χ0) is 11.6. The van der Waals surface area contributed by atoms with E-state index in [-0.39, 0.29) is 24.0 Å². The number of urea groups is 1. The number of carbonyl (C=O) groups is 2. The Morgan fingerprint density at radius 3 is 2.40 bits per heavy atom. The maximum absolute atomic E-state index is 11.9. The van der Waals surface area contributed by atoms with E-state index < -0.39 is 0 Å². The Morgan fingerprint density at radius 2 is 2.00 bits per heavy atom. The van der Waals surface area contributed by atoms with Gasteiger partial charge in [-0.05, 0) is 33.7 Å². The average Bonchev–Trinajstić information content (AvgIpc) is 2.37. The summed E-state index contributed by atoms with van der Waals surface area (Å²) in [7, 11) is 0. The van der Waals surface area contributed by atoms with Gasteiger partial charge in [0.15, 0.2) is 0 Å². The summed E-state index contributed by atoms with van der Waals surface area (Å²) in [5.74, 6) is -0.109. The van der Waals surface area contributed by atoms with E-state index in [1.165, 1.54) is 4.90 Å². The topological polar surface area (TPSA) is 66.6 Å². The second kappa shape index (κ2) is 4.61. The Hall–Kier alpha value is -1.10. The number of hydrogen-bond acceptors (Lipinski definition) is 3. The highest BCUT2D eigenvalue weighted by Crippen LogP contribution is 2.20. The monoisotopic (exact) mass is 213 g/mol. The second-order valence-corrected chi connectivity index (χ2v) is 4.09. The van der Waals surface area contributed by atoms with Crippen molar-refractivity contribution in [2.45, 2.75) is 39.3 Å². The molecule has 0 aromatic carbocycles. The van der Waals surface area contributed by atoms with E-state index in [4.69, 9.17) is 5.73 Å². The molecule has 0 aromatic heterocycles. The largest absolute Gasteiger partial charge is 0.330 e. The van der Waals surface area contributed by atoms with Crippen molar-refractivity contribution >= 4 is 11.9 Å². The van der Waals surface area contributed by atoms with Crippen LogP contribution in [0.25, 0.3) is 0 Å². The highest BCUT2D eigenvalue weighted by Gasteiger charge is 2.42. The van der Waals surface area contributed by atoms with Gasteiger partial charge in [-0.1, -0.05) is 0 Å². The van der Waals surface area contributed by atoms with Crippen LogP contribution in [-0.2, 0) is 4.79 Å². The Bertz CT molecular complexity index is 265. The highest BCUT2D eigenvalue weighted by molar-refractivity contribution is 6.04. The Kier molecular flexibility index (Phi) is 3.68. The summed E-state index contributed by atoms with van der Waals surface area (Å²) in [6.07, 6.45) is 0.663. The Morgan fingerprint density at radius 1 is 1.40 bits per heavy atom. The molecule has 0 aromatic rings. The molecule has 5 nitrogen and oxygen atoms in total. The lowest BCUT2D eigenvalue weighted by molar-refractivity contribution is -0.128. The number of carbonyl (C=O) groups excluding carboxylic acids is 2. The zero-order valence-corrected chi connectivity index (χ0v) is 9.56. The Balaban J connectivity index is 2.76. The summed E-state index contributed by atoms with van der Waals surface area (Å²) >= 11 is 0. The number of nitrogens with two attached hydrogens (primary N) is 1. The molecule has 1 unspecified atom stereocenters. The molecule has 1 fully saturated rings. The number of amides is 3. The molecule has 0 spiro atoms. The smallest absolute Gasteiger partial charge is 0.327 e. The van der Waals surface area contributed by atoms with Gasteiger partial charge in [-0.15, -0.1) is 0 Å². The van der Waals surface area contributed by atoms with Crippen molar-refractivity contribution in [1.29, 1.82) is 0 Å². The van der Waals surface area contributed by atoms with Crippen LogP contribution in [0.5, 0.6) is 0 Å². The normalized spacial score (nSPS) is 22.1. The van der Waals surface area contributed by atoms with Crippen molar-refractivity contribution in [3.63, 3.8) is 0 Å². The van der Waals surface area contributed by atoms with Crippen LogP contribution in [0, 0.1) is 0 Å². The molecular formula is C10H19N3O2. The van der Waals surface area contributed by atoms with Gasteiger partial charge in [-0.2, -0.15) is 0 Å². The van der Waals surface area contributed by atoms with Gasteiger partial charge in [0, 0.05) is 12.6 Å². The molecule has 1 saturated heterocycles. The third-order valence-corrected chi connectivity index (χ3v) is 2.63. The molecule has 1 rings (SSSR count). The summed E-state index contributed by atoms with van der Waals surface area (Å²) in [6, 6.07) is -0.467. The molecule has 0 aliphatic carbocycles. The fourth-order valence-electron chi connectivity index (χ4n) is 1.87. The average molecular weight is 213 g/mol. The van der Waals surface area contributed by atoms with Crippen molar-refractivity contribution < 1.29 is 9.59 Å². The summed E-state index contributed by atoms with van der Waals surface area (Å²) in [5, 5.41) is 0. The Labute approximate surface area is 90.2 Å². The molecule has 1 aliphatic heterocycles. The second-order valence-electron chi connectivity index (χ2n) is 4.09. The zero-order valence-electron chi connectivity index (χ0n) is 9.56. The van der Waals surface area contributed by atoms with Crippen molar-refractivity contribution in [2.75, 3.05) is 13.1 Å². The summed E-state index contributed by atoms with van der Waals surface area (Å²) < 4.78 is 0. The molecule has 15 heavy (non-hydrogen) atoms. The van der Waals surface area contributed by atoms with Crippen molar-refractivity contribution in [1.82, 2.24) is 9.80 Å². The van der Waals surface area contributed by atoms with Crippen molar-refractivity contribution in [3.8, 4) is 0 Å². The van der Waals surface area contributed by atoms with Crippen molar-refractivity contribution in [3.05, 3.63) is 0 Å². The third-order valence-electron chi connectivity index (χ3n) is 2.63. The first kappa shape index (κ1) is 12.0. The lowest BCUT2D eigenvalue weighted by atomic mass is 10.2. The predicted molar refractivity (Wildman–Crippen MR) is 57.2 cm³/mol. The van der Waals surface area contributed by atoms with E-state index >= 15 is 0 Å². The van der Waals surface area contributed by atoms with Crippen LogP contribution >= 0.6 is 0 Å². The van der Waals surface area contributed by atoms with Gasteiger partial charge in [0.25, 0.3) is 5.91 Å². The van der Waals surface area contributed by atoms with E-state index in [0.29, 0.717) is 19.5 Å². The quantitative estimate of drug-likeness (QED) is 0.687. The maximum Gasteiger partial charge on any atom is 0.327 e. The van der Waals surface area contributed by atoms with E-state index in [0.717, 1.165) is 0 Å².